The van der Waals surface area contributed by atoms with E-state index in [-0.39, 0.29) is 5.41 Å². The van der Waals surface area contributed by atoms with E-state index in [1.807, 2.05) is 18.5 Å². The third-order valence-electron chi connectivity index (χ3n) is 2.98. The van der Waals surface area contributed by atoms with E-state index >= 15 is 0 Å². The molecule has 0 bridgehead atoms. The molecule has 2 heterocycles. The van der Waals surface area contributed by atoms with Gasteiger partial charge in [-0.1, -0.05) is 26.8 Å². The van der Waals surface area contributed by atoms with Crippen molar-refractivity contribution in [2.75, 3.05) is 0 Å². The van der Waals surface area contributed by atoms with Gasteiger partial charge in [0.25, 0.3) is 0 Å². The molecule has 0 radical (unpaired) electrons. The summed E-state index contributed by atoms with van der Waals surface area (Å²) in [6.45, 7) is 7.49. The van der Waals surface area contributed by atoms with Gasteiger partial charge in [-0.3, -0.25) is 4.98 Å². The largest absolute Gasteiger partial charge is 0.337 e. The van der Waals surface area contributed by atoms with E-state index in [2.05, 4.69) is 41.4 Å². The van der Waals surface area contributed by atoms with E-state index in [9.17, 15) is 0 Å². The van der Waals surface area contributed by atoms with Crippen molar-refractivity contribution in [1.29, 1.82) is 0 Å². The normalized spacial score (nSPS) is 11.7. The quantitative estimate of drug-likeness (QED) is 0.858. The van der Waals surface area contributed by atoms with E-state index in [0.29, 0.717) is 0 Å². The highest BCUT2D eigenvalue weighted by Gasteiger charge is 2.18. The highest BCUT2D eigenvalue weighted by Crippen LogP contribution is 2.22. The number of H-pyrrole nitrogens is 1. The van der Waals surface area contributed by atoms with Crippen LogP contribution in [0.2, 0.25) is 0 Å². The molecule has 0 saturated carbocycles. The fourth-order valence-electron chi connectivity index (χ4n) is 2.03. The molecule has 0 unspecified atom stereocenters. The molecule has 3 nitrogen and oxygen atoms in total. The van der Waals surface area contributed by atoms with Gasteiger partial charge >= 0.3 is 0 Å². The third-order valence-corrected chi connectivity index (χ3v) is 3.32. The van der Waals surface area contributed by atoms with Crippen LogP contribution in [0.15, 0.2) is 30.7 Å². The smallest absolute Gasteiger partial charge is 0.177 e. The molecule has 0 amide bonds. The second-order valence-electron chi connectivity index (χ2n) is 5.49. The standard InChI is InChI=1S/C14H19N3S/c1-14(2,3)12-10-16-13(18)17(12)8-6-11-5-4-7-15-9-11/h4-5,7,9-10H,6,8H2,1-3H3,(H,16,18). The first kappa shape index (κ1) is 13.0. The van der Waals surface area contributed by atoms with Crippen LogP contribution in [0.25, 0.3) is 0 Å². The second kappa shape index (κ2) is 5.06. The Hall–Kier alpha value is -1.42. The average molecular weight is 261 g/mol. The Kier molecular flexibility index (Phi) is 3.66. The van der Waals surface area contributed by atoms with Gasteiger partial charge in [0.15, 0.2) is 4.77 Å². The second-order valence-corrected chi connectivity index (χ2v) is 5.88. The number of hydrogen-bond donors (Lipinski definition) is 1. The summed E-state index contributed by atoms with van der Waals surface area (Å²) in [4.78, 5) is 7.28. The lowest BCUT2D eigenvalue weighted by Gasteiger charge is -2.20. The molecule has 2 aromatic heterocycles. The molecule has 96 valence electrons. The average Bonchev–Trinajstić information content (AvgIpc) is 2.69. The SMILES string of the molecule is CC(C)(C)c1c[nH]c(=S)n1CCc1cccnc1. The van der Waals surface area contributed by atoms with Crippen molar-refractivity contribution in [3.63, 3.8) is 0 Å². The molecule has 0 aromatic carbocycles. The van der Waals surface area contributed by atoms with Gasteiger partial charge in [-0.25, -0.2) is 0 Å². The molecule has 0 aliphatic heterocycles. The fraction of sp³-hybridized carbons (Fsp3) is 0.429. The van der Waals surface area contributed by atoms with Crippen molar-refractivity contribution in [2.45, 2.75) is 39.2 Å². The molecule has 0 atom stereocenters. The van der Waals surface area contributed by atoms with Gasteiger partial charge in [0.05, 0.1) is 0 Å². The van der Waals surface area contributed by atoms with Crippen molar-refractivity contribution in [3.05, 3.63) is 46.8 Å². The summed E-state index contributed by atoms with van der Waals surface area (Å²) in [6.07, 6.45) is 6.67. The Balaban J connectivity index is 2.20. The van der Waals surface area contributed by atoms with E-state index in [1.54, 1.807) is 6.20 Å². The summed E-state index contributed by atoms with van der Waals surface area (Å²) in [6, 6.07) is 4.07. The maximum atomic E-state index is 5.35. The molecule has 18 heavy (non-hydrogen) atoms. The zero-order valence-corrected chi connectivity index (χ0v) is 11.9. The van der Waals surface area contributed by atoms with Crippen LogP contribution in [0.1, 0.15) is 32.0 Å². The predicted molar refractivity (Wildman–Crippen MR) is 76.3 cm³/mol. The first-order valence-electron chi connectivity index (χ1n) is 6.16. The molecule has 2 rings (SSSR count). The van der Waals surface area contributed by atoms with Crippen LogP contribution in [0.5, 0.6) is 0 Å². The Morgan fingerprint density at radius 1 is 1.39 bits per heavy atom. The zero-order valence-electron chi connectivity index (χ0n) is 11.1. The number of pyridine rings is 1. The van der Waals surface area contributed by atoms with Crippen LogP contribution in [0.4, 0.5) is 0 Å². The van der Waals surface area contributed by atoms with Gasteiger partial charge in [-0.15, -0.1) is 0 Å². The maximum Gasteiger partial charge on any atom is 0.177 e. The minimum absolute atomic E-state index is 0.0997. The topological polar surface area (TPSA) is 33.6 Å². The van der Waals surface area contributed by atoms with Crippen LogP contribution < -0.4 is 0 Å². The highest BCUT2D eigenvalue weighted by molar-refractivity contribution is 7.71. The first-order chi connectivity index (χ1) is 8.48. The van der Waals surface area contributed by atoms with E-state index in [4.69, 9.17) is 12.2 Å². The monoisotopic (exact) mass is 261 g/mol. The predicted octanol–water partition coefficient (Wildman–Crippen LogP) is 3.48. The molecule has 0 fully saturated rings. The molecule has 0 saturated heterocycles. The van der Waals surface area contributed by atoms with Gasteiger partial charge in [0, 0.05) is 36.2 Å². The number of aryl methyl sites for hydroxylation is 1. The lowest BCUT2D eigenvalue weighted by Crippen LogP contribution is -2.18. The number of nitrogens with zero attached hydrogens (tertiary/aromatic N) is 2. The summed E-state index contributed by atoms with van der Waals surface area (Å²) in [5.41, 5.74) is 2.58. The van der Waals surface area contributed by atoms with Gasteiger partial charge < -0.3 is 9.55 Å². The summed E-state index contributed by atoms with van der Waals surface area (Å²) >= 11 is 5.35. The van der Waals surface area contributed by atoms with Crippen molar-refractivity contribution in [3.8, 4) is 0 Å². The van der Waals surface area contributed by atoms with Crippen molar-refractivity contribution in [1.82, 2.24) is 14.5 Å². The molecule has 2 aromatic rings. The summed E-state index contributed by atoms with van der Waals surface area (Å²) in [5.74, 6) is 0. The minimum Gasteiger partial charge on any atom is -0.337 e. The molecule has 0 aliphatic carbocycles. The highest BCUT2D eigenvalue weighted by atomic mass is 32.1. The summed E-state index contributed by atoms with van der Waals surface area (Å²) < 4.78 is 2.98. The number of hydrogen-bond acceptors (Lipinski definition) is 2. The number of rotatable bonds is 3. The van der Waals surface area contributed by atoms with E-state index in [0.717, 1.165) is 17.7 Å². The van der Waals surface area contributed by atoms with Crippen molar-refractivity contribution in [2.24, 2.45) is 0 Å². The van der Waals surface area contributed by atoms with Gasteiger partial charge in [-0.2, -0.15) is 0 Å². The lowest BCUT2D eigenvalue weighted by molar-refractivity contribution is 0.513. The molecule has 0 spiro atoms. The van der Waals surface area contributed by atoms with Gasteiger partial charge in [0.1, 0.15) is 0 Å². The molecule has 4 heteroatoms. The fourth-order valence-corrected chi connectivity index (χ4v) is 2.27. The Labute approximate surface area is 113 Å². The lowest BCUT2D eigenvalue weighted by atomic mass is 9.92. The molecular weight excluding hydrogens is 242 g/mol. The summed E-state index contributed by atoms with van der Waals surface area (Å²) in [7, 11) is 0. The number of aromatic amines is 1. The molecule has 1 N–H and O–H groups in total. The van der Waals surface area contributed by atoms with Gasteiger partial charge in [0.2, 0.25) is 0 Å². The van der Waals surface area contributed by atoms with E-state index in [1.165, 1.54) is 11.3 Å². The van der Waals surface area contributed by atoms with E-state index < -0.39 is 0 Å². The maximum absolute atomic E-state index is 5.35. The summed E-state index contributed by atoms with van der Waals surface area (Å²) in [5, 5.41) is 0. The van der Waals surface area contributed by atoms with Crippen LogP contribution >= 0.6 is 12.2 Å². The number of nitrogens with one attached hydrogen (secondary N) is 1. The van der Waals surface area contributed by atoms with Crippen LogP contribution in [0.3, 0.4) is 0 Å². The van der Waals surface area contributed by atoms with Crippen molar-refractivity contribution < 1.29 is 0 Å². The van der Waals surface area contributed by atoms with Crippen LogP contribution in [-0.4, -0.2) is 14.5 Å². The Morgan fingerprint density at radius 3 is 2.78 bits per heavy atom. The zero-order chi connectivity index (χ0) is 13.2. The van der Waals surface area contributed by atoms with Gasteiger partial charge in [-0.05, 0) is 30.3 Å². The Bertz CT molecular complexity index is 561. The first-order valence-corrected chi connectivity index (χ1v) is 6.57. The van der Waals surface area contributed by atoms with Crippen LogP contribution in [-0.2, 0) is 18.4 Å². The molecular formula is C14H19N3S. The van der Waals surface area contributed by atoms with Crippen LogP contribution in [0, 0.1) is 4.77 Å². The number of aromatic nitrogens is 3. The van der Waals surface area contributed by atoms with Crippen molar-refractivity contribution >= 4 is 12.2 Å². The molecule has 0 aliphatic rings. The minimum atomic E-state index is 0.0997. The Morgan fingerprint density at radius 2 is 2.17 bits per heavy atom. The third kappa shape index (κ3) is 2.88. The number of imidazole rings is 1.